The summed E-state index contributed by atoms with van der Waals surface area (Å²) in [6.45, 7) is 5.00. The smallest absolute Gasteiger partial charge is 0.0327 e. The molecule has 2 aliphatic rings. The van der Waals surface area contributed by atoms with Crippen LogP contribution in [0.2, 0.25) is 0 Å². The number of hydrogen-bond donors (Lipinski definition) is 1. The Kier molecular flexibility index (Phi) is 5.49. The Morgan fingerprint density at radius 2 is 2.11 bits per heavy atom. The van der Waals surface area contributed by atoms with Crippen LogP contribution in [0.4, 0.5) is 0 Å². The van der Waals surface area contributed by atoms with Gasteiger partial charge >= 0.3 is 0 Å². The Hall–Kier alpha value is -0.0900. The summed E-state index contributed by atoms with van der Waals surface area (Å²) in [7, 11) is 0. The molecule has 3 heterocycles. The maximum absolute atomic E-state index is 3.67. The number of likely N-dealkylation sites (tertiary alicyclic amines) is 1. The molecule has 2 fully saturated rings. The number of piperidine rings is 1. The molecular weight excluding hydrogens is 264 g/mol. The lowest BCUT2D eigenvalue weighted by molar-refractivity contribution is 0.158. The summed E-state index contributed by atoms with van der Waals surface area (Å²) in [5.41, 5.74) is 0. The van der Waals surface area contributed by atoms with Gasteiger partial charge < -0.3 is 5.32 Å². The summed E-state index contributed by atoms with van der Waals surface area (Å²) in [5, 5.41) is 5.86. The van der Waals surface area contributed by atoms with E-state index in [-0.39, 0.29) is 12.4 Å². The number of nitrogens with one attached hydrogen (secondary N) is 1. The van der Waals surface area contributed by atoms with Gasteiger partial charge in [-0.15, -0.1) is 23.7 Å². The molecule has 2 aliphatic heterocycles. The number of thiophene rings is 1. The predicted octanol–water partition coefficient (Wildman–Crippen LogP) is 3.13. The van der Waals surface area contributed by atoms with Crippen molar-refractivity contribution in [2.45, 2.75) is 38.3 Å². The van der Waals surface area contributed by atoms with E-state index in [2.05, 4.69) is 27.7 Å². The van der Waals surface area contributed by atoms with E-state index in [0.717, 1.165) is 12.0 Å². The highest BCUT2D eigenvalue weighted by atomic mass is 35.5. The molecule has 18 heavy (non-hydrogen) atoms. The fourth-order valence-electron chi connectivity index (χ4n) is 3.25. The van der Waals surface area contributed by atoms with Crippen LogP contribution in [0.3, 0.4) is 0 Å². The van der Waals surface area contributed by atoms with Crippen LogP contribution in [0.15, 0.2) is 17.5 Å². The SMILES string of the molecule is Cl.c1csc(CN2CCC(C3CCCN3)CC2)c1. The maximum Gasteiger partial charge on any atom is 0.0327 e. The highest BCUT2D eigenvalue weighted by molar-refractivity contribution is 7.09. The Balaban J connectivity index is 0.00000120. The highest BCUT2D eigenvalue weighted by Crippen LogP contribution is 2.26. The van der Waals surface area contributed by atoms with Gasteiger partial charge in [0.15, 0.2) is 0 Å². The number of halogens is 1. The number of nitrogens with zero attached hydrogens (tertiary/aromatic N) is 1. The molecule has 3 rings (SSSR count). The topological polar surface area (TPSA) is 15.3 Å². The van der Waals surface area contributed by atoms with E-state index >= 15 is 0 Å². The monoisotopic (exact) mass is 286 g/mol. The van der Waals surface area contributed by atoms with E-state index < -0.39 is 0 Å². The second-order valence-electron chi connectivity index (χ2n) is 5.40. The summed E-state index contributed by atoms with van der Waals surface area (Å²) in [5.74, 6) is 0.942. The van der Waals surface area contributed by atoms with Crippen LogP contribution in [0.25, 0.3) is 0 Å². The molecule has 0 radical (unpaired) electrons. The van der Waals surface area contributed by atoms with Crippen LogP contribution >= 0.6 is 23.7 Å². The fraction of sp³-hybridized carbons (Fsp3) is 0.714. The Morgan fingerprint density at radius 3 is 2.72 bits per heavy atom. The van der Waals surface area contributed by atoms with Crippen LogP contribution in [0.5, 0.6) is 0 Å². The predicted molar refractivity (Wildman–Crippen MR) is 80.6 cm³/mol. The third-order valence-corrected chi connectivity index (χ3v) is 5.12. The van der Waals surface area contributed by atoms with Gasteiger partial charge in [0.2, 0.25) is 0 Å². The summed E-state index contributed by atoms with van der Waals surface area (Å²) >= 11 is 1.89. The second kappa shape index (κ2) is 6.90. The summed E-state index contributed by atoms with van der Waals surface area (Å²) in [4.78, 5) is 4.14. The lowest BCUT2D eigenvalue weighted by atomic mass is 9.88. The first-order chi connectivity index (χ1) is 8.42. The van der Waals surface area contributed by atoms with Crippen LogP contribution in [-0.4, -0.2) is 30.6 Å². The molecule has 2 nitrogen and oxygen atoms in total. The van der Waals surface area contributed by atoms with Crippen molar-refractivity contribution in [2.75, 3.05) is 19.6 Å². The van der Waals surface area contributed by atoms with Crippen LogP contribution < -0.4 is 5.32 Å². The molecule has 1 aromatic heterocycles. The average molecular weight is 287 g/mol. The first kappa shape index (κ1) is 14.3. The molecule has 0 saturated carbocycles. The molecule has 1 unspecified atom stereocenters. The van der Waals surface area contributed by atoms with Crippen LogP contribution in [0, 0.1) is 5.92 Å². The molecule has 2 saturated heterocycles. The van der Waals surface area contributed by atoms with Crippen molar-refractivity contribution in [3.63, 3.8) is 0 Å². The van der Waals surface area contributed by atoms with Crippen molar-refractivity contribution < 1.29 is 0 Å². The van der Waals surface area contributed by atoms with Crippen molar-refractivity contribution in [1.29, 1.82) is 0 Å². The van der Waals surface area contributed by atoms with Gasteiger partial charge in [-0.25, -0.2) is 0 Å². The van der Waals surface area contributed by atoms with Gasteiger partial charge in [-0.05, 0) is 62.7 Å². The average Bonchev–Trinajstić information content (AvgIpc) is 3.01. The van der Waals surface area contributed by atoms with Gasteiger partial charge in [0.25, 0.3) is 0 Å². The summed E-state index contributed by atoms with van der Waals surface area (Å²) in [6, 6.07) is 5.25. The minimum atomic E-state index is 0. The summed E-state index contributed by atoms with van der Waals surface area (Å²) in [6.07, 6.45) is 5.59. The number of rotatable bonds is 3. The third kappa shape index (κ3) is 3.47. The lowest BCUT2D eigenvalue weighted by Gasteiger charge is -2.34. The van der Waals surface area contributed by atoms with Crippen LogP contribution in [-0.2, 0) is 6.54 Å². The minimum Gasteiger partial charge on any atom is -0.314 e. The first-order valence-corrected chi connectivity index (χ1v) is 7.78. The zero-order valence-electron chi connectivity index (χ0n) is 10.8. The normalized spacial score (nSPS) is 26.1. The lowest BCUT2D eigenvalue weighted by Crippen LogP contribution is -2.40. The van der Waals surface area contributed by atoms with Crippen molar-refractivity contribution >= 4 is 23.7 Å². The molecule has 1 atom stereocenters. The zero-order chi connectivity index (χ0) is 11.5. The van der Waals surface area contributed by atoms with Crippen molar-refractivity contribution in [2.24, 2.45) is 5.92 Å². The summed E-state index contributed by atoms with van der Waals surface area (Å²) < 4.78 is 0. The first-order valence-electron chi connectivity index (χ1n) is 6.90. The van der Waals surface area contributed by atoms with E-state index in [4.69, 9.17) is 0 Å². The second-order valence-corrected chi connectivity index (χ2v) is 6.43. The molecule has 102 valence electrons. The minimum absolute atomic E-state index is 0. The molecule has 0 bridgehead atoms. The van der Waals surface area contributed by atoms with Crippen LogP contribution in [0.1, 0.15) is 30.6 Å². The molecule has 0 aromatic carbocycles. The molecule has 0 spiro atoms. The fourth-order valence-corrected chi connectivity index (χ4v) is 4.00. The molecule has 1 aromatic rings. The van der Waals surface area contributed by atoms with Gasteiger partial charge in [-0.2, -0.15) is 0 Å². The van der Waals surface area contributed by atoms with Crippen molar-refractivity contribution in [3.8, 4) is 0 Å². The van der Waals surface area contributed by atoms with Gasteiger partial charge in [0.1, 0.15) is 0 Å². The van der Waals surface area contributed by atoms with E-state index in [1.54, 1.807) is 0 Å². The van der Waals surface area contributed by atoms with Gasteiger partial charge in [-0.3, -0.25) is 4.90 Å². The van der Waals surface area contributed by atoms with Gasteiger partial charge in [-0.1, -0.05) is 6.07 Å². The Labute approximate surface area is 120 Å². The Bertz CT molecular complexity index is 328. The number of hydrogen-bond acceptors (Lipinski definition) is 3. The van der Waals surface area contributed by atoms with E-state index in [1.165, 1.54) is 56.7 Å². The quantitative estimate of drug-likeness (QED) is 0.918. The Morgan fingerprint density at radius 1 is 1.28 bits per heavy atom. The zero-order valence-corrected chi connectivity index (χ0v) is 12.4. The van der Waals surface area contributed by atoms with Crippen molar-refractivity contribution in [1.82, 2.24) is 10.2 Å². The largest absolute Gasteiger partial charge is 0.314 e. The molecule has 1 N–H and O–H groups in total. The third-order valence-electron chi connectivity index (χ3n) is 4.26. The molecule has 0 aliphatic carbocycles. The molecule has 4 heteroatoms. The van der Waals surface area contributed by atoms with E-state index in [9.17, 15) is 0 Å². The van der Waals surface area contributed by atoms with E-state index in [1.807, 2.05) is 11.3 Å². The molecular formula is C14H23ClN2S. The maximum atomic E-state index is 3.67. The molecule has 0 amide bonds. The standard InChI is InChI=1S/C14H22N2S.ClH/c1-4-14(15-7-1)12-5-8-16(9-6-12)11-13-3-2-10-17-13;/h2-3,10,12,14-15H,1,4-9,11H2;1H. The van der Waals surface area contributed by atoms with Gasteiger partial charge in [0.05, 0.1) is 0 Å². The van der Waals surface area contributed by atoms with Gasteiger partial charge in [0, 0.05) is 17.5 Å². The van der Waals surface area contributed by atoms with E-state index in [0.29, 0.717) is 0 Å². The van der Waals surface area contributed by atoms with Crippen molar-refractivity contribution in [3.05, 3.63) is 22.4 Å². The highest BCUT2D eigenvalue weighted by Gasteiger charge is 2.28.